The van der Waals surface area contributed by atoms with E-state index in [0.717, 1.165) is 0 Å². The second kappa shape index (κ2) is 4.07. The van der Waals surface area contributed by atoms with Crippen LogP contribution in [0.5, 0.6) is 0 Å². The normalized spacial score (nSPS) is 22.2. The second-order valence-electron chi connectivity index (χ2n) is 3.83. The maximum Gasteiger partial charge on any atom is 0.0958 e. The Morgan fingerprint density at radius 3 is 2.69 bits per heavy atom. The zero-order chi connectivity index (χ0) is 9.10. The number of benzene rings is 1. The van der Waals surface area contributed by atoms with Crippen LogP contribution in [0, 0.1) is 0 Å². The first kappa shape index (κ1) is 8.97. The van der Waals surface area contributed by atoms with Crippen molar-refractivity contribution in [2.24, 2.45) is 0 Å². The molecule has 0 amide bonds. The quantitative estimate of drug-likeness (QED) is 0.646. The fraction of sp³-hybridized carbons (Fsp3) is 0.455. The van der Waals surface area contributed by atoms with Gasteiger partial charge in [0.15, 0.2) is 0 Å². The van der Waals surface area contributed by atoms with Gasteiger partial charge in [-0.05, 0) is 31.5 Å². The Labute approximate surface area is 82.7 Å². The van der Waals surface area contributed by atoms with Gasteiger partial charge in [0.25, 0.3) is 0 Å². The van der Waals surface area contributed by atoms with Crippen molar-refractivity contribution in [2.45, 2.75) is 25.4 Å². The highest BCUT2D eigenvalue weighted by molar-refractivity contribution is 6.33. The van der Waals surface area contributed by atoms with Crippen LogP contribution in [0.4, 0.5) is 0 Å². The SMILES string of the molecule is C[C@H](c1ccccc1)N1CCC[SiH2]1. The van der Waals surface area contributed by atoms with Crippen molar-refractivity contribution >= 4 is 9.68 Å². The Balaban J connectivity index is 2.08. The summed E-state index contributed by atoms with van der Waals surface area (Å²) >= 11 is 0. The van der Waals surface area contributed by atoms with E-state index >= 15 is 0 Å². The van der Waals surface area contributed by atoms with Gasteiger partial charge in [-0.2, -0.15) is 0 Å². The molecule has 1 atom stereocenters. The fourth-order valence-corrected chi connectivity index (χ4v) is 3.97. The van der Waals surface area contributed by atoms with Crippen LogP contribution in [-0.4, -0.2) is 20.8 Å². The lowest BCUT2D eigenvalue weighted by atomic mass is 10.1. The van der Waals surface area contributed by atoms with Gasteiger partial charge in [0.2, 0.25) is 0 Å². The summed E-state index contributed by atoms with van der Waals surface area (Å²) < 4.78 is 2.70. The zero-order valence-corrected chi connectivity index (χ0v) is 9.65. The first-order valence-electron chi connectivity index (χ1n) is 5.17. The van der Waals surface area contributed by atoms with Gasteiger partial charge >= 0.3 is 0 Å². The molecule has 2 heteroatoms. The van der Waals surface area contributed by atoms with Crippen LogP contribution in [0.15, 0.2) is 30.3 Å². The molecule has 0 bridgehead atoms. The predicted octanol–water partition coefficient (Wildman–Crippen LogP) is 1.96. The molecule has 0 unspecified atom stereocenters. The summed E-state index contributed by atoms with van der Waals surface area (Å²) in [6.07, 6.45) is 1.43. The highest BCUT2D eigenvalue weighted by Gasteiger charge is 2.18. The Kier molecular flexibility index (Phi) is 2.81. The van der Waals surface area contributed by atoms with E-state index < -0.39 is 0 Å². The van der Waals surface area contributed by atoms with Crippen molar-refractivity contribution in [3.8, 4) is 0 Å². The summed E-state index contributed by atoms with van der Waals surface area (Å²) in [4.78, 5) is 0. The maximum atomic E-state index is 2.70. The number of hydrogen-bond acceptors (Lipinski definition) is 1. The number of nitrogens with zero attached hydrogens (tertiary/aromatic N) is 1. The van der Waals surface area contributed by atoms with E-state index in [4.69, 9.17) is 0 Å². The molecule has 1 aliphatic heterocycles. The van der Waals surface area contributed by atoms with Gasteiger partial charge in [-0.3, -0.25) is 0 Å². The molecule has 1 aromatic carbocycles. The van der Waals surface area contributed by atoms with E-state index in [-0.39, 0.29) is 9.68 Å². The molecular formula is C11H17NSi. The monoisotopic (exact) mass is 191 g/mol. The molecule has 1 heterocycles. The van der Waals surface area contributed by atoms with Crippen molar-refractivity contribution in [3.63, 3.8) is 0 Å². The molecule has 0 saturated carbocycles. The Bertz CT molecular complexity index is 254. The Morgan fingerprint density at radius 2 is 2.08 bits per heavy atom. The minimum atomic E-state index is 0.0993. The van der Waals surface area contributed by atoms with Crippen LogP contribution >= 0.6 is 0 Å². The van der Waals surface area contributed by atoms with E-state index in [1.807, 2.05) is 0 Å². The lowest BCUT2D eigenvalue weighted by Gasteiger charge is -2.24. The first-order valence-corrected chi connectivity index (χ1v) is 6.80. The molecule has 1 aliphatic rings. The Morgan fingerprint density at radius 1 is 1.31 bits per heavy atom. The predicted molar refractivity (Wildman–Crippen MR) is 59.5 cm³/mol. The third kappa shape index (κ3) is 2.01. The average Bonchev–Trinajstić information content (AvgIpc) is 2.71. The topological polar surface area (TPSA) is 3.24 Å². The molecule has 70 valence electrons. The third-order valence-corrected chi connectivity index (χ3v) is 5.22. The molecule has 1 fully saturated rings. The lowest BCUT2D eigenvalue weighted by molar-refractivity contribution is 0.383. The summed E-state index contributed by atoms with van der Waals surface area (Å²) in [5, 5.41) is 0. The van der Waals surface area contributed by atoms with E-state index in [9.17, 15) is 0 Å². The maximum absolute atomic E-state index is 2.70. The summed E-state index contributed by atoms with van der Waals surface area (Å²) in [6.45, 7) is 3.68. The standard InChI is InChI=1S/C11H17NSi/c1-10(12-8-5-9-13-12)11-6-3-2-4-7-11/h2-4,6-7,10H,5,8-9,13H2,1H3/t10-/m1/s1. The first-order chi connectivity index (χ1) is 6.38. The summed E-state index contributed by atoms with van der Waals surface area (Å²) in [5.74, 6) is 0. The minimum Gasteiger partial charge on any atom is -0.323 e. The molecule has 0 radical (unpaired) electrons. The van der Waals surface area contributed by atoms with Crippen LogP contribution in [0.3, 0.4) is 0 Å². The average molecular weight is 191 g/mol. The Hall–Kier alpha value is -0.603. The highest BCUT2D eigenvalue weighted by Crippen LogP contribution is 2.22. The third-order valence-electron chi connectivity index (χ3n) is 2.97. The van der Waals surface area contributed by atoms with Gasteiger partial charge < -0.3 is 4.57 Å². The van der Waals surface area contributed by atoms with Gasteiger partial charge in [0.05, 0.1) is 9.68 Å². The molecule has 1 nitrogen and oxygen atoms in total. The van der Waals surface area contributed by atoms with Crippen molar-refractivity contribution in [1.82, 2.24) is 4.57 Å². The van der Waals surface area contributed by atoms with Crippen molar-refractivity contribution < 1.29 is 0 Å². The molecular weight excluding hydrogens is 174 g/mol. The largest absolute Gasteiger partial charge is 0.323 e. The molecule has 0 N–H and O–H groups in total. The van der Waals surface area contributed by atoms with E-state index in [1.54, 1.807) is 0 Å². The van der Waals surface area contributed by atoms with Crippen molar-refractivity contribution in [2.75, 3.05) is 6.54 Å². The van der Waals surface area contributed by atoms with E-state index in [0.29, 0.717) is 6.04 Å². The highest BCUT2D eigenvalue weighted by atomic mass is 28.2. The van der Waals surface area contributed by atoms with Crippen LogP contribution in [-0.2, 0) is 0 Å². The molecule has 1 aromatic rings. The zero-order valence-electron chi connectivity index (χ0n) is 8.24. The van der Waals surface area contributed by atoms with Crippen molar-refractivity contribution in [1.29, 1.82) is 0 Å². The molecule has 13 heavy (non-hydrogen) atoms. The molecule has 1 saturated heterocycles. The van der Waals surface area contributed by atoms with E-state index in [2.05, 4.69) is 41.8 Å². The lowest BCUT2D eigenvalue weighted by Crippen LogP contribution is -2.25. The molecule has 0 aromatic heterocycles. The fourth-order valence-electron chi connectivity index (χ4n) is 2.07. The van der Waals surface area contributed by atoms with Crippen LogP contribution in [0.2, 0.25) is 6.04 Å². The summed E-state index contributed by atoms with van der Waals surface area (Å²) in [6, 6.07) is 13.0. The van der Waals surface area contributed by atoms with Crippen molar-refractivity contribution in [3.05, 3.63) is 35.9 Å². The van der Waals surface area contributed by atoms with Gasteiger partial charge in [-0.1, -0.05) is 30.3 Å². The molecule has 0 spiro atoms. The van der Waals surface area contributed by atoms with Gasteiger partial charge in [-0.15, -0.1) is 0 Å². The number of hydrogen-bond donors (Lipinski definition) is 0. The van der Waals surface area contributed by atoms with Crippen LogP contribution in [0.25, 0.3) is 0 Å². The summed E-state index contributed by atoms with van der Waals surface area (Å²) in [7, 11) is 0.0993. The molecule has 0 aliphatic carbocycles. The summed E-state index contributed by atoms with van der Waals surface area (Å²) in [5.41, 5.74) is 1.48. The van der Waals surface area contributed by atoms with Crippen LogP contribution in [0.1, 0.15) is 24.9 Å². The van der Waals surface area contributed by atoms with Gasteiger partial charge in [0, 0.05) is 6.04 Å². The molecule has 2 rings (SSSR count). The van der Waals surface area contributed by atoms with E-state index in [1.165, 1.54) is 24.6 Å². The van der Waals surface area contributed by atoms with Gasteiger partial charge in [-0.25, -0.2) is 0 Å². The van der Waals surface area contributed by atoms with Crippen LogP contribution < -0.4 is 0 Å². The smallest absolute Gasteiger partial charge is 0.0958 e. The van der Waals surface area contributed by atoms with Gasteiger partial charge in [0.1, 0.15) is 0 Å². The minimum absolute atomic E-state index is 0.0993. The second-order valence-corrected chi connectivity index (χ2v) is 5.80. The number of rotatable bonds is 2.